The van der Waals surface area contributed by atoms with Gasteiger partial charge in [-0.25, -0.2) is 0 Å². The molecule has 0 saturated carbocycles. The van der Waals surface area contributed by atoms with E-state index in [2.05, 4.69) is 36.2 Å². The number of nitrogens with two attached hydrogens (primary N) is 1. The van der Waals surface area contributed by atoms with Gasteiger partial charge in [-0.1, -0.05) is 12.1 Å². The van der Waals surface area contributed by atoms with E-state index in [1.54, 1.807) is 0 Å². The summed E-state index contributed by atoms with van der Waals surface area (Å²) in [6.07, 6.45) is 0. The maximum atomic E-state index is 5.94. The van der Waals surface area contributed by atoms with Crippen LogP contribution in [-0.4, -0.2) is 25.4 Å². The molecule has 1 aromatic carbocycles. The largest absolute Gasteiger partial charge is 0.372 e. The Morgan fingerprint density at radius 1 is 1.46 bits per heavy atom. The first-order valence-corrected chi connectivity index (χ1v) is 5.44. The highest BCUT2D eigenvalue weighted by molar-refractivity contribution is 7.99. The zero-order valence-electron chi connectivity index (χ0n) is 7.73. The van der Waals surface area contributed by atoms with Crippen LogP contribution in [0.2, 0.25) is 0 Å². The van der Waals surface area contributed by atoms with E-state index in [9.17, 15) is 0 Å². The molecule has 1 aliphatic heterocycles. The summed E-state index contributed by atoms with van der Waals surface area (Å²) in [7, 11) is 2.10. The number of likely N-dealkylation sites (N-methyl/N-ethyl adjacent to an activating group) is 1. The first kappa shape index (κ1) is 8.91. The van der Waals surface area contributed by atoms with Gasteiger partial charge >= 0.3 is 0 Å². The molecule has 1 heterocycles. The molecular weight excluding hydrogens is 180 g/mol. The van der Waals surface area contributed by atoms with Crippen molar-refractivity contribution in [3.63, 3.8) is 0 Å². The van der Waals surface area contributed by atoms with Crippen LogP contribution in [0, 0.1) is 0 Å². The highest BCUT2D eigenvalue weighted by Crippen LogP contribution is 2.32. The van der Waals surface area contributed by atoms with Crippen molar-refractivity contribution < 1.29 is 0 Å². The molecular formula is C10H14N2S. The van der Waals surface area contributed by atoms with Crippen molar-refractivity contribution in [1.82, 2.24) is 0 Å². The summed E-state index contributed by atoms with van der Waals surface area (Å²) in [5, 5.41) is 0. The molecule has 3 heteroatoms. The van der Waals surface area contributed by atoms with Gasteiger partial charge in [0.2, 0.25) is 0 Å². The Kier molecular flexibility index (Phi) is 2.47. The predicted octanol–water partition coefficient (Wildman–Crippen LogP) is 1.56. The van der Waals surface area contributed by atoms with Crippen LogP contribution in [0.5, 0.6) is 0 Å². The summed E-state index contributed by atoms with van der Waals surface area (Å²) in [5.41, 5.74) is 7.25. The lowest BCUT2D eigenvalue weighted by atomic mass is 10.2. The fourth-order valence-electron chi connectivity index (χ4n) is 1.59. The minimum absolute atomic E-state index is 0.280. The molecule has 2 rings (SSSR count). The molecule has 13 heavy (non-hydrogen) atoms. The van der Waals surface area contributed by atoms with Crippen molar-refractivity contribution in [3.8, 4) is 0 Å². The number of benzene rings is 1. The maximum Gasteiger partial charge on any atom is 0.0502 e. The number of thioether (sulfide) groups is 1. The third-order valence-electron chi connectivity index (χ3n) is 2.24. The second-order valence-corrected chi connectivity index (χ2v) is 4.48. The highest BCUT2D eigenvalue weighted by atomic mass is 32.2. The smallest absolute Gasteiger partial charge is 0.0502 e. The summed E-state index contributed by atoms with van der Waals surface area (Å²) in [6.45, 7) is 0.948. The Bertz CT molecular complexity index is 301. The minimum atomic E-state index is 0.280. The molecule has 0 bridgehead atoms. The lowest BCUT2D eigenvalue weighted by Gasteiger charge is -2.20. The van der Waals surface area contributed by atoms with Crippen molar-refractivity contribution in [2.75, 3.05) is 24.2 Å². The van der Waals surface area contributed by atoms with Gasteiger partial charge in [0, 0.05) is 30.3 Å². The van der Waals surface area contributed by atoms with Crippen molar-refractivity contribution in [2.45, 2.75) is 10.9 Å². The molecule has 0 amide bonds. The van der Waals surface area contributed by atoms with Crippen molar-refractivity contribution in [2.24, 2.45) is 5.73 Å². The monoisotopic (exact) mass is 194 g/mol. The zero-order valence-corrected chi connectivity index (χ0v) is 8.55. The summed E-state index contributed by atoms with van der Waals surface area (Å²) >= 11 is 1.85. The lowest BCUT2D eigenvalue weighted by Crippen LogP contribution is -2.35. The SMILES string of the molecule is CN1C[C@@H](N)CSc2ccccc21. The molecule has 0 aliphatic carbocycles. The van der Waals surface area contributed by atoms with E-state index in [1.807, 2.05) is 11.8 Å². The van der Waals surface area contributed by atoms with Crippen LogP contribution in [0.15, 0.2) is 29.2 Å². The third kappa shape index (κ3) is 1.81. The number of hydrogen-bond donors (Lipinski definition) is 1. The quantitative estimate of drug-likeness (QED) is 0.679. The van der Waals surface area contributed by atoms with Crippen molar-refractivity contribution >= 4 is 17.4 Å². The molecule has 0 radical (unpaired) electrons. The van der Waals surface area contributed by atoms with Gasteiger partial charge in [-0.3, -0.25) is 0 Å². The molecule has 1 aliphatic rings. The normalized spacial score (nSPS) is 22.3. The Morgan fingerprint density at radius 2 is 2.23 bits per heavy atom. The Morgan fingerprint density at radius 3 is 3.08 bits per heavy atom. The Hall–Kier alpha value is -0.670. The van der Waals surface area contributed by atoms with Gasteiger partial charge in [0.25, 0.3) is 0 Å². The van der Waals surface area contributed by atoms with E-state index in [0.717, 1.165) is 12.3 Å². The number of hydrogen-bond acceptors (Lipinski definition) is 3. The van der Waals surface area contributed by atoms with Crippen LogP contribution >= 0.6 is 11.8 Å². The zero-order chi connectivity index (χ0) is 9.26. The van der Waals surface area contributed by atoms with Gasteiger partial charge in [0.1, 0.15) is 0 Å². The average molecular weight is 194 g/mol. The van der Waals surface area contributed by atoms with Crippen LogP contribution in [0.1, 0.15) is 0 Å². The van der Waals surface area contributed by atoms with Gasteiger partial charge in [0.05, 0.1) is 5.69 Å². The van der Waals surface area contributed by atoms with Crippen molar-refractivity contribution in [3.05, 3.63) is 24.3 Å². The fourth-order valence-corrected chi connectivity index (χ4v) is 2.64. The Labute approximate surface area is 83.1 Å². The minimum Gasteiger partial charge on any atom is -0.372 e. The van der Waals surface area contributed by atoms with Crippen LogP contribution in [-0.2, 0) is 0 Å². The number of anilines is 1. The third-order valence-corrected chi connectivity index (χ3v) is 3.49. The van der Waals surface area contributed by atoms with Crippen LogP contribution in [0.25, 0.3) is 0 Å². The van der Waals surface area contributed by atoms with Crippen LogP contribution < -0.4 is 10.6 Å². The summed E-state index contributed by atoms with van der Waals surface area (Å²) < 4.78 is 0. The van der Waals surface area contributed by atoms with E-state index in [-0.39, 0.29) is 6.04 Å². The number of nitrogens with zero attached hydrogens (tertiary/aromatic N) is 1. The summed E-state index contributed by atoms with van der Waals surface area (Å²) in [5.74, 6) is 1.02. The van der Waals surface area contributed by atoms with Gasteiger partial charge in [-0.05, 0) is 12.1 Å². The van der Waals surface area contributed by atoms with Gasteiger partial charge in [-0.15, -0.1) is 11.8 Å². The highest BCUT2D eigenvalue weighted by Gasteiger charge is 2.16. The van der Waals surface area contributed by atoms with E-state index < -0.39 is 0 Å². The van der Waals surface area contributed by atoms with E-state index in [4.69, 9.17) is 5.73 Å². The van der Waals surface area contributed by atoms with Gasteiger partial charge in [0.15, 0.2) is 0 Å². The van der Waals surface area contributed by atoms with Crippen LogP contribution in [0.4, 0.5) is 5.69 Å². The first-order chi connectivity index (χ1) is 6.27. The number of rotatable bonds is 0. The first-order valence-electron chi connectivity index (χ1n) is 4.46. The van der Waals surface area contributed by atoms with Crippen LogP contribution in [0.3, 0.4) is 0 Å². The lowest BCUT2D eigenvalue weighted by molar-refractivity contribution is 0.730. The van der Waals surface area contributed by atoms with E-state index >= 15 is 0 Å². The predicted molar refractivity (Wildman–Crippen MR) is 58.4 cm³/mol. The standard InChI is InChI=1S/C10H14N2S/c1-12-6-8(11)7-13-10-5-3-2-4-9(10)12/h2-5,8H,6-7,11H2,1H3/t8-/m1/s1. The summed E-state index contributed by atoms with van der Waals surface area (Å²) in [6, 6.07) is 8.75. The second kappa shape index (κ2) is 3.60. The topological polar surface area (TPSA) is 29.3 Å². The number of para-hydroxylation sites is 1. The molecule has 0 aromatic heterocycles. The number of fused-ring (bicyclic) bond motifs is 1. The van der Waals surface area contributed by atoms with Gasteiger partial charge < -0.3 is 10.6 Å². The maximum absolute atomic E-state index is 5.94. The molecule has 1 atom stereocenters. The Balaban J connectivity index is 2.35. The van der Waals surface area contributed by atoms with Gasteiger partial charge in [-0.2, -0.15) is 0 Å². The molecule has 2 nitrogen and oxygen atoms in total. The molecule has 0 saturated heterocycles. The molecule has 0 fully saturated rings. The van der Waals surface area contributed by atoms with E-state index in [1.165, 1.54) is 10.6 Å². The molecule has 70 valence electrons. The van der Waals surface area contributed by atoms with Crippen molar-refractivity contribution in [1.29, 1.82) is 0 Å². The van der Waals surface area contributed by atoms with E-state index in [0.29, 0.717) is 0 Å². The average Bonchev–Trinajstić information content (AvgIpc) is 2.27. The molecule has 2 N–H and O–H groups in total. The molecule has 0 spiro atoms. The molecule has 1 aromatic rings. The second-order valence-electron chi connectivity index (χ2n) is 3.42. The molecule has 0 unspecified atom stereocenters. The summed E-state index contributed by atoms with van der Waals surface area (Å²) in [4.78, 5) is 3.58. The fraction of sp³-hybridized carbons (Fsp3) is 0.400.